The molecule has 0 aliphatic carbocycles. The van der Waals surface area contributed by atoms with Gasteiger partial charge in [0.25, 0.3) is 5.91 Å². The molecule has 2 rings (SSSR count). The molecular weight excluding hydrogens is 262 g/mol. The molecule has 1 amide bonds. The maximum Gasteiger partial charge on any atom is 0.257 e. The first kappa shape index (κ1) is 14.8. The SMILES string of the molecule is Cc1ccc(NC(=O)c2cccnc2C)cc1C#CCN. The molecule has 0 unspecified atom stereocenters. The number of pyridine rings is 1. The maximum absolute atomic E-state index is 12.2. The first-order valence-corrected chi connectivity index (χ1v) is 6.64. The number of nitrogens with zero attached hydrogens (tertiary/aromatic N) is 1. The van der Waals surface area contributed by atoms with Gasteiger partial charge in [-0.25, -0.2) is 0 Å². The van der Waals surface area contributed by atoms with Gasteiger partial charge in [0.05, 0.1) is 12.1 Å². The number of hydrogen-bond donors (Lipinski definition) is 2. The van der Waals surface area contributed by atoms with Crippen LogP contribution < -0.4 is 11.1 Å². The van der Waals surface area contributed by atoms with E-state index in [2.05, 4.69) is 22.1 Å². The van der Waals surface area contributed by atoms with Crippen LogP contribution in [0.1, 0.15) is 27.2 Å². The lowest BCUT2D eigenvalue weighted by molar-refractivity contribution is 0.102. The highest BCUT2D eigenvalue weighted by atomic mass is 16.1. The molecule has 4 nitrogen and oxygen atoms in total. The molecule has 4 heteroatoms. The summed E-state index contributed by atoms with van der Waals surface area (Å²) in [6.45, 7) is 4.09. The number of benzene rings is 1. The summed E-state index contributed by atoms with van der Waals surface area (Å²) in [6.07, 6.45) is 1.67. The third-order valence-corrected chi connectivity index (χ3v) is 3.07. The van der Waals surface area contributed by atoms with Gasteiger partial charge in [-0.1, -0.05) is 17.9 Å². The minimum atomic E-state index is -0.179. The van der Waals surface area contributed by atoms with Crippen LogP contribution in [0.5, 0.6) is 0 Å². The zero-order valence-corrected chi connectivity index (χ0v) is 12.1. The second kappa shape index (κ2) is 6.69. The number of carbonyl (C=O) groups is 1. The van der Waals surface area contributed by atoms with Gasteiger partial charge in [-0.2, -0.15) is 0 Å². The van der Waals surface area contributed by atoms with Crippen molar-refractivity contribution in [3.05, 3.63) is 58.9 Å². The topological polar surface area (TPSA) is 68.0 Å². The Morgan fingerprint density at radius 3 is 2.86 bits per heavy atom. The molecule has 0 aliphatic rings. The van der Waals surface area contributed by atoms with E-state index >= 15 is 0 Å². The fraction of sp³-hybridized carbons (Fsp3) is 0.176. The molecule has 3 N–H and O–H groups in total. The van der Waals surface area contributed by atoms with Crippen LogP contribution in [0.2, 0.25) is 0 Å². The molecule has 0 fully saturated rings. The van der Waals surface area contributed by atoms with Gasteiger partial charge in [0, 0.05) is 23.1 Å². The van der Waals surface area contributed by atoms with Crippen LogP contribution in [0.4, 0.5) is 5.69 Å². The van der Waals surface area contributed by atoms with Crippen LogP contribution in [-0.2, 0) is 0 Å². The van der Waals surface area contributed by atoms with Crippen molar-refractivity contribution in [3.63, 3.8) is 0 Å². The molecule has 0 saturated carbocycles. The first-order chi connectivity index (χ1) is 10.1. The molecular formula is C17H17N3O. The lowest BCUT2D eigenvalue weighted by Crippen LogP contribution is -2.14. The molecule has 0 aliphatic heterocycles. The van der Waals surface area contributed by atoms with E-state index in [9.17, 15) is 4.79 Å². The molecule has 1 aromatic heterocycles. The van der Waals surface area contributed by atoms with Crippen LogP contribution in [0, 0.1) is 25.7 Å². The Bertz CT molecular complexity index is 726. The van der Waals surface area contributed by atoms with E-state index < -0.39 is 0 Å². The van der Waals surface area contributed by atoms with Gasteiger partial charge in [0.1, 0.15) is 0 Å². The quantitative estimate of drug-likeness (QED) is 0.829. The lowest BCUT2D eigenvalue weighted by atomic mass is 10.1. The van der Waals surface area contributed by atoms with Gasteiger partial charge in [-0.15, -0.1) is 0 Å². The summed E-state index contributed by atoms with van der Waals surface area (Å²) in [7, 11) is 0. The summed E-state index contributed by atoms with van der Waals surface area (Å²) >= 11 is 0. The Hall–Kier alpha value is -2.64. The van der Waals surface area contributed by atoms with Crippen LogP contribution in [0.15, 0.2) is 36.5 Å². The van der Waals surface area contributed by atoms with E-state index in [1.165, 1.54) is 0 Å². The summed E-state index contributed by atoms with van der Waals surface area (Å²) in [4.78, 5) is 16.4. The van der Waals surface area contributed by atoms with Crippen molar-refractivity contribution in [1.29, 1.82) is 0 Å². The third kappa shape index (κ3) is 3.68. The number of anilines is 1. The second-order valence-electron chi connectivity index (χ2n) is 4.63. The molecule has 21 heavy (non-hydrogen) atoms. The number of aromatic nitrogens is 1. The Morgan fingerprint density at radius 1 is 1.33 bits per heavy atom. The monoisotopic (exact) mass is 279 g/mol. The summed E-state index contributed by atoms with van der Waals surface area (Å²) in [5.41, 5.74) is 9.26. The molecule has 0 spiro atoms. The standard InChI is InChI=1S/C17H17N3O/c1-12-7-8-15(11-14(12)5-3-9-18)20-17(21)16-6-4-10-19-13(16)2/h4,6-8,10-11H,9,18H2,1-2H3,(H,20,21). The van der Waals surface area contributed by atoms with E-state index in [0.29, 0.717) is 23.5 Å². The Balaban J connectivity index is 2.24. The van der Waals surface area contributed by atoms with Gasteiger partial charge in [0.15, 0.2) is 0 Å². The van der Waals surface area contributed by atoms with Crippen LogP contribution in [0.3, 0.4) is 0 Å². The van der Waals surface area contributed by atoms with Gasteiger partial charge in [0.2, 0.25) is 0 Å². The van der Waals surface area contributed by atoms with Crippen molar-refractivity contribution in [2.75, 3.05) is 11.9 Å². The molecule has 1 aromatic carbocycles. The smallest absolute Gasteiger partial charge is 0.257 e. The summed E-state index contributed by atoms with van der Waals surface area (Å²) in [5.74, 6) is 5.64. The van der Waals surface area contributed by atoms with Gasteiger partial charge in [-0.05, 0) is 43.7 Å². The van der Waals surface area contributed by atoms with Crippen molar-refractivity contribution < 1.29 is 4.79 Å². The van der Waals surface area contributed by atoms with Crippen LogP contribution >= 0.6 is 0 Å². The van der Waals surface area contributed by atoms with Crippen LogP contribution in [0.25, 0.3) is 0 Å². The number of hydrogen-bond acceptors (Lipinski definition) is 3. The average Bonchev–Trinajstić information content (AvgIpc) is 2.48. The molecule has 106 valence electrons. The average molecular weight is 279 g/mol. The van der Waals surface area contributed by atoms with Crippen molar-refractivity contribution in [2.24, 2.45) is 5.73 Å². The molecule has 0 radical (unpaired) electrons. The minimum Gasteiger partial charge on any atom is -0.322 e. The summed E-state index contributed by atoms with van der Waals surface area (Å²) in [6, 6.07) is 9.12. The third-order valence-electron chi connectivity index (χ3n) is 3.07. The summed E-state index contributed by atoms with van der Waals surface area (Å²) in [5, 5.41) is 2.87. The molecule has 2 aromatic rings. The van der Waals surface area contributed by atoms with E-state index in [4.69, 9.17) is 5.73 Å². The number of carbonyl (C=O) groups excluding carboxylic acids is 1. The van der Waals surface area contributed by atoms with Gasteiger partial charge in [-0.3, -0.25) is 9.78 Å². The Morgan fingerprint density at radius 2 is 2.14 bits per heavy atom. The zero-order chi connectivity index (χ0) is 15.2. The fourth-order valence-electron chi connectivity index (χ4n) is 1.90. The molecule has 0 atom stereocenters. The highest BCUT2D eigenvalue weighted by molar-refractivity contribution is 6.05. The van der Waals surface area contributed by atoms with Crippen LogP contribution in [-0.4, -0.2) is 17.4 Å². The van der Waals surface area contributed by atoms with E-state index in [0.717, 1.165) is 11.1 Å². The second-order valence-corrected chi connectivity index (χ2v) is 4.63. The number of rotatable bonds is 2. The highest BCUT2D eigenvalue weighted by Crippen LogP contribution is 2.16. The van der Waals surface area contributed by atoms with Crippen molar-refractivity contribution >= 4 is 11.6 Å². The zero-order valence-electron chi connectivity index (χ0n) is 12.1. The normalized spacial score (nSPS) is 9.67. The van der Waals surface area contributed by atoms with Crippen molar-refractivity contribution in [2.45, 2.75) is 13.8 Å². The first-order valence-electron chi connectivity index (χ1n) is 6.64. The van der Waals surface area contributed by atoms with E-state index in [-0.39, 0.29) is 5.91 Å². The molecule has 0 saturated heterocycles. The molecule has 0 bridgehead atoms. The van der Waals surface area contributed by atoms with Gasteiger partial charge >= 0.3 is 0 Å². The predicted octanol–water partition coefficient (Wildman–Crippen LogP) is 2.26. The van der Waals surface area contributed by atoms with Crippen molar-refractivity contribution in [3.8, 4) is 11.8 Å². The number of nitrogens with two attached hydrogens (primary N) is 1. The van der Waals surface area contributed by atoms with E-state index in [1.807, 2.05) is 32.0 Å². The van der Waals surface area contributed by atoms with Crippen molar-refractivity contribution in [1.82, 2.24) is 4.98 Å². The number of amides is 1. The lowest BCUT2D eigenvalue weighted by Gasteiger charge is -2.08. The molecule has 1 heterocycles. The van der Waals surface area contributed by atoms with E-state index in [1.54, 1.807) is 18.3 Å². The largest absolute Gasteiger partial charge is 0.322 e. The minimum absolute atomic E-state index is 0.179. The predicted molar refractivity (Wildman–Crippen MR) is 84.0 cm³/mol. The fourth-order valence-corrected chi connectivity index (χ4v) is 1.90. The maximum atomic E-state index is 12.2. The Labute approximate surface area is 124 Å². The number of nitrogens with one attached hydrogen (secondary N) is 1. The Kier molecular flexibility index (Phi) is 4.70. The highest BCUT2D eigenvalue weighted by Gasteiger charge is 2.09. The summed E-state index contributed by atoms with van der Waals surface area (Å²) < 4.78 is 0. The number of aryl methyl sites for hydroxylation is 2. The van der Waals surface area contributed by atoms with Gasteiger partial charge < -0.3 is 11.1 Å².